The Labute approximate surface area is 206 Å². The van der Waals surface area contributed by atoms with E-state index in [0.29, 0.717) is 18.9 Å². The van der Waals surface area contributed by atoms with Gasteiger partial charge in [-0.05, 0) is 52.8 Å². The van der Waals surface area contributed by atoms with Crippen molar-refractivity contribution < 1.29 is 24.2 Å². The van der Waals surface area contributed by atoms with Crippen molar-refractivity contribution in [2.45, 2.75) is 51.5 Å². The van der Waals surface area contributed by atoms with Crippen molar-refractivity contribution in [3.63, 3.8) is 0 Å². The summed E-state index contributed by atoms with van der Waals surface area (Å²) in [7, 11) is 0. The number of carboxylic acids is 1. The van der Waals surface area contributed by atoms with Crippen molar-refractivity contribution in [2.24, 2.45) is 17.8 Å². The first kappa shape index (κ1) is 24.8. The first-order valence-corrected chi connectivity index (χ1v) is 12.5. The summed E-state index contributed by atoms with van der Waals surface area (Å²) in [6.07, 6.45) is 2.37. The molecule has 7 nitrogen and oxygen atoms in total. The maximum atomic E-state index is 12.6. The highest BCUT2D eigenvalue weighted by Gasteiger charge is 2.35. The molecule has 7 heteroatoms. The van der Waals surface area contributed by atoms with Gasteiger partial charge in [0.1, 0.15) is 12.6 Å². The number of fused-ring (bicyclic) bond motifs is 3. The Kier molecular flexibility index (Phi) is 7.73. The van der Waals surface area contributed by atoms with Crippen LogP contribution in [0.25, 0.3) is 11.1 Å². The van der Waals surface area contributed by atoms with Crippen LogP contribution in [-0.4, -0.2) is 42.3 Å². The molecule has 0 bridgehead atoms. The molecule has 0 saturated heterocycles. The van der Waals surface area contributed by atoms with E-state index in [0.717, 1.165) is 24.0 Å². The number of hydrogen-bond donors (Lipinski definition) is 3. The van der Waals surface area contributed by atoms with E-state index in [2.05, 4.69) is 34.9 Å². The third kappa shape index (κ3) is 5.84. The van der Waals surface area contributed by atoms with Gasteiger partial charge in [-0.25, -0.2) is 9.59 Å². The van der Waals surface area contributed by atoms with Crippen LogP contribution < -0.4 is 10.6 Å². The topological polar surface area (TPSA) is 105 Å². The van der Waals surface area contributed by atoms with Crippen molar-refractivity contribution in [3.05, 3.63) is 59.7 Å². The van der Waals surface area contributed by atoms with Crippen LogP contribution in [0.1, 0.15) is 56.6 Å². The Hall–Kier alpha value is -3.35. The highest BCUT2D eigenvalue weighted by Crippen LogP contribution is 2.44. The quantitative estimate of drug-likeness (QED) is 0.439. The van der Waals surface area contributed by atoms with E-state index in [1.807, 2.05) is 38.1 Å². The van der Waals surface area contributed by atoms with Crippen LogP contribution >= 0.6 is 0 Å². The van der Waals surface area contributed by atoms with E-state index in [4.69, 9.17) is 4.74 Å². The zero-order chi connectivity index (χ0) is 24.9. The van der Waals surface area contributed by atoms with Gasteiger partial charge in [0.15, 0.2) is 0 Å². The maximum absolute atomic E-state index is 12.6. The van der Waals surface area contributed by atoms with Crippen molar-refractivity contribution in [1.82, 2.24) is 10.6 Å². The minimum Gasteiger partial charge on any atom is -0.480 e. The van der Waals surface area contributed by atoms with Crippen molar-refractivity contribution in [3.8, 4) is 11.1 Å². The second kappa shape index (κ2) is 10.9. The minimum atomic E-state index is -1.02. The average molecular weight is 479 g/mol. The van der Waals surface area contributed by atoms with Gasteiger partial charge in [-0.3, -0.25) is 4.79 Å². The molecule has 2 unspecified atom stereocenters. The molecule has 35 heavy (non-hydrogen) atoms. The van der Waals surface area contributed by atoms with Gasteiger partial charge >= 0.3 is 12.1 Å². The van der Waals surface area contributed by atoms with E-state index in [1.54, 1.807) is 0 Å². The molecule has 0 radical (unpaired) electrons. The number of hydrogen-bond acceptors (Lipinski definition) is 4. The van der Waals surface area contributed by atoms with E-state index < -0.39 is 18.1 Å². The number of nitrogens with one attached hydrogen (secondary N) is 2. The molecular formula is C28H34N2O5. The number of aliphatic carboxylic acids is 1. The summed E-state index contributed by atoms with van der Waals surface area (Å²) in [6, 6.07) is 15.5. The average Bonchev–Trinajstić information content (AvgIpc) is 3.66. The number of ether oxygens (including phenoxy) is 1. The molecule has 0 spiro atoms. The van der Waals surface area contributed by atoms with E-state index in [1.165, 1.54) is 11.1 Å². The Morgan fingerprint density at radius 3 is 2.17 bits per heavy atom. The summed E-state index contributed by atoms with van der Waals surface area (Å²) in [5.74, 6) is -1.15. The summed E-state index contributed by atoms with van der Waals surface area (Å²) in [4.78, 5) is 36.7. The fourth-order valence-corrected chi connectivity index (χ4v) is 4.99. The Morgan fingerprint density at radius 1 is 1.03 bits per heavy atom. The lowest BCUT2D eigenvalue weighted by Gasteiger charge is -2.22. The lowest BCUT2D eigenvalue weighted by Crippen LogP contribution is -2.46. The van der Waals surface area contributed by atoms with Gasteiger partial charge in [-0.1, -0.05) is 68.8 Å². The zero-order valence-electron chi connectivity index (χ0n) is 20.3. The molecule has 0 aliphatic heterocycles. The predicted molar refractivity (Wildman–Crippen MR) is 133 cm³/mol. The van der Waals surface area contributed by atoms with Crippen LogP contribution in [0.2, 0.25) is 0 Å². The van der Waals surface area contributed by atoms with Crippen molar-refractivity contribution in [1.29, 1.82) is 0 Å². The monoisotopic (exact) mass is 478 g/mol. The predicted octanol–water partition coefficient (Wildman–Crippen LogP) is 4.56. The molecule has 0 heterocycles. The SMILES string of the molecule is CCC(C)[C@H](NC(=O)CC(CNC(=O)OCC1c2ccccc2-c2ccccc21)C1CC1)C(=O)O. The Morgan fingerprint density at radius 2 is 1.63 bits per heavy atom. The molecule has 0 aromatic heterocycles. The van der Waals surface area contributed by atoms with Gasteiger partial charge in [0, 0.05) is 18.9 Å². The lowest BCUT2D eigenvalue weighted by molar-refractivity contribution is -0.143. The molecule has 2 aliphatic carbocycles. The number of carboxylic acid groups (broad SMARTS) is 1. The molecule has 1 fully saturated rings. The summed E-state index contributed by atoms with van der Waals surface area (Å²) in [5.41, 5.74) is 4.66. The molecule has 4 rings (SSSR count). The molecule has 3 atom stereocenters. The number of amides is 2. The van der Waals surface area contributed by atoms with Gasteiger partial charge < -0.3 is 20.5 Å². The number of alkyl carbamates (subject to hydrolysis) is 1. The van der Waals surface area contributed by atoms with Crippen LogP contribution in [0, 0.1) is 17.8 Å². The zero-order valence-corrected chi connectivity index (χ0v) is 20.3. The minimum absolute atomic E-state index is 0.00772. The summed E-state index contributed by atoms with van der Waals surface area (Å²) >= 11 is 0. The molecule has 2 amide bonds. The highest BCUT2D eigenvalue weighted by atomic mass is 16.5. The number of benzene rings is 2. The van der Waals surface area contributed by atoms with E-state index in [9.17, 15) is 19.5 Å². The third-order valence-electron chi connectivity index (χ3n) is 7.38. The number of rotatable bonds is 11. The molecule has 3 N–H and O–H groups in total. The summed E-state index contributed by atoms with van der Waals surface area (Å²) in [5, 5.41) is 14.9. The van der Waals surface area contributed by atoms with Gasteiger partial charge in [0.05, 0.1) is 0 Å². The van der Waals surface area contributed by atoms with E-state index >= 15 is 0 Å². The van der Waals surface area contributed by atoms with Gasteiger partial charge in [0.25, 0.3) is 0 Å². The Bertz CT molecular complexity index is 1040. The van der Waals surface area contributed by atoms with Gasteiger partial charge in [-0.15, -0.1) is 0 Å². The van der Waals surface area contributed by atoms with Crippen molar-refractivity contribution in [2.75, 3.05) is 13.2 Å². The molecule has 1 saturated carbocycles. The molecule has 2 aromatic carbocycles. The third-order valence-corrected chi connectivity index (χ3v) is 7.38. The smallest absolute Gasteiger partial charge is 0.407 e. The summed E-state index contributed by atoms with van der Waals surface area (Å²) in [6.45, 7) is 4.29. The molecular weight excluding hydrogens is 444 g/mol. The van der Waals surface area contributed by atoms with Gasteiger partial charge in [-0.2, -0.15) is 0 Å². The largest absolute Gasteiger partial charge is 0.480 e. The fourth-order valence-electron chi connectivity index (χ4n) is 4.99. The second-order valence-corrected chi connectivity index (χ2v) is 9.78. The Balaban J connectivity index is 1.30. The van der Waals surface area contributed by atoms with Crippen LogP contribution in [0.15, 0.2) is 48.5 Å². The first-order valence-electron chi connectivity index (χ1n) is 12.5. The van der Waals surface area contributed by atoms with Crippen LogP contribution in [0.4, 0.5) is 4.79 Å². The normalized spacial score (nSPS) is 17.0. The standard InChI is InChI=1S/C28H34N2O5/c1-3-17(2)26(27(32)33)30-25(31)14-19(18-12-13-18)15-29-28(34)35-16-24-22-10-6-4-8-20(22)21-9-5-7-11-23(21)24/h4-11,17-19,24,26H,3,12-16H2,1-2H3,(H,29,34)(H,30,31)(H,32,33)/t17?,19?,26-/m0/s1. The number of carbonyl (C=O) groups excluding carboxylic acids is 2. The summed E-state index contributed by atoms with van der Waals surface area (Å²) < 4.78 is 5.61. The number of carbonyl (C=O) groups is 3. The second-order valence-electron chi connectivity index (χ2n) is 9.78. The maximum Gasteiger partial charge on any atom is 0.407 e. The molecule has 2 aliphatic rings. The van der Waals surface area contributed by atoms with Crippen LogP contribution in [-0.2, 0) is 14.3 Å². The van der Waals surface area contributed by atoms with Gasteiger partial charge in [0.2, 0.25) is 5.91 Å². The highest BCUT2D eigenvalue weighted by molar-refractivity contribution is 5.84. The van der Waals surface area contributed by atoms with Crippen molar-refractivity contribution >= 4 is 18.0 Å². The van der Waals surface area contributed by atoms with Crippen LogP contribution in [0.3, 0.4) is 0 Å². The molecule has 186 valence electrons. The first-order chi connectivity index (χ1) is 16.9. The fraction of sp³-hybridized carbons (Fsp3) is 0.464. The van der Waals surface area contributed by atoms with Crippen LogP contribution in [0.5, 0.6) is 0 Å². The van der Waals surface area contributed by atoms with E-state index in [-0.39, 0.29) is 36.7 Å². The molecule has 2 aromatic rings. The lowest BCUT2D eigenvalue weighted by atomic mass is 9.96.